The zero-order valence-corrected chi connectivity index (χ0v) is 17.3. The van der Waals surface area contributed by atoms with E-state index in [0.717, 1.165) is 11.8 Å². The Labute approximate surface area is 182 Å². The molecule has 1 heterocycles. The van der Waals surface area contributed by atoms with Crippen molar-refractivity contribution < 1.29 is 28.7 Å². The summed E-state index contributed by atoms with van der Waals surface area (Å²) < 4.78 is 10.1. The van der Waals surface area contributed by atoms with Gasteiger partial charge >= 0.3 is 5.97 Å². The minimum Gasteiger partial charge on any atom is -0.497 e. The van der Waals surface area contributed by atoms with Gasteiger partial charge in [-0.3, -0.25) is 14.4 Å². The smallest absolute Gasteiger partial charge is 0.338 e. The SMILES string of the molecule is COc1cccc(C(=O)COC(=O)c2ccc(NC(=O)C[C@H]3SC(N)=NC3=O)cc2)c1. The highest BCUT2D eigenvalue weighted by molar-refractivity contribution is 8.15. The van der Waals surface area contributed by atoms with Crippen LogP contribution in [0.4, 0.5) is 5.69 Å². The summed E-state index contributed by atoms with van der Waals surface area (Å²) in [5.41, 5.74) is 6.50. The molecule has 1 aliphatic rings. The number of anilines is 1. The number of carbonyl (C=O) groups excluding carboxylic acids is 4. The molecule has 0 saturated carbocycles. The topological polar surface area (TPSA) is 137 Å². The highest BCUT2D eigenvalue weighted by Crippen LogP contribution is 2.23. The molecule has 9 nitrogen and oxygen atoms in total. The van der Waals surface area contributed by atoms with Gasteiger partial charge < -0.3 is 20.5 Å². The summed E-state index contributed by atoms with van der Waals surface area (Å²) in [5.74, 6) is -1.31. The van der Waals surface area contributed by atoms with Crippen LogP contribution in [-0.4, -0.2) is 47.7 Å². The molecule has 0 saturated heterocycles. The molecule has 0 radical (unpaired) electrons. The highest BCUT2D eigenvalue weighted by atomic mass is 32.2. The van der Waals surface area contributed by atoms with Crippen LogP contribution in [0.25, 0.3) is 0 Å². The Morgan fingerprint density at radius 2 is 1.87 bits per heavy atom. The number of nitrogens with zero attached hydrogens (tertiary/aromatic N) is 1. The lowest BCUT2D eigenvalue weighted by molar-refractivity contribution is -0.121. The number of nitrogens with two attached hydrogens (primary N) is 1. The van der Waals surface area contributed by atoms with E-state index in [2.05, 4.69) is 10.3 Å². The first kappa shape index (κ1) is 22.0. The maximum Gasteiger partial charge on any atom is 0.338 e. The molecular weight excluding hydrogens is 422 g/mol. The van der Waals surface area contributed by atoms with Gasteiger partial charge in [-0.05, 0) is 36.4 Å². The van der Waals surface area contributed by atoms with Crippen LogP contribution in [0.15, 0.2) is 53.5 Å². The Morgan fingerprint density at radius 1 is 1.13 bits per heavy atom. The van der Waals surface area contributed by atoms with Gasteiger partial charge in [-0.25, -0.2) is 4.79 Å². The third kappa shape index (κ3) is 5.92. The van der Waals surface area contributed by atoms with Crippen molar-refractivity contribution in [3.63, 3.8) is 0 Å². The van der Waals surface area contributed by atoms with Gasteiger partial charge in [0.05, 0.1) is 12.7 Å². The second kappa shape index (κ2) is 9.90. The number of thioether (sulfide) groups is 1. The molecule has 2 amide bonds. The first-order valence-electron chi connectivity index (χ1n) is 9.14. The minimum absolute atomic E-state index is 0.0656. The summed E-state index contributed by atoms with van der Waals surface area (Å²) >= 11 is 1.05. The third-order valence-corrected chi connectivity index (χ3v) is 5.25. The predicted octanol–water partition coefficient (Wildman–Crippen LogP) is 2.02. The number of esters is 1. The van der Waals surface area contributed by atoms with Crippen LogP contribution in [0, 0.1) is 0 Å². The van der Waals surface area contributed by atoms with Crippen molar-refractivity contribution >= 4 is 46.2 Å². The Hall–Kier alpha value is -3.66. The number of hydrogen-bond donors (Lipinski definition) is 2. The van der Waals surface area contributed by atoms with Gasteiger partial charge in [-0.1, -0.05) is 23.9 Å². The van der Waals surface area contributed by atoms with Gasteiger partial charge in [-0.2, -0.15) is 4.99 Å². The monoisotopic (exact) mass is 441 g/mol. The lowest BCUT2D eigenvalue weighted by atomic mass is 10.1. The van der Waals surface area contributed by atoms with E-state index in [4.69, 9.17) is 15.2 Å². The van der Waals surface area contributed by atoms with Crippen LogP contribution >= 0.6 is 11.8 Å². The lowest BCUT2D eigenvalue weighted by Crippen LogP contribution is -2.21. The van der Waals surface area contributed by atoms with Crippen LogP contribution in [0.1, 0.15) is 27.1 Å². The Bertz CT molecular complexity index is 1050. The van der Waals surface area contributed by atoms with E-state index in [1.807, 2.05) is 0 Å². The number of hydrogen-bond acceptors (Lipinski definition) is 8. The predicted molar refractivity (Wildman–Crippen MR) is 115 cm³/mol. The Kier molecular flexibility index (Phi) is 7.03. The second-order valence-electron chi connectivity index (χ2n) is 6.46. The van der Waals surface area contributed by atoms with Crippen molar-refractivity contribution in [1.29, 1.82) is 0 Å². The van der Waals surface area contributed by atoms with Gasteiger partial charge in [0.1, 0.15) is 11.0 Å². The number of nitrogens with one attached hydrogen (secondary N) is 1. The first-order valence-corrected chi connectivity index (χ1v) is 10.0. The van der Waals surface area contributed by atoms with Crippen LogP contribution in [0.2, 0.25) is 0 Å². The molecule has 0 bridgehead atoms. The summed E-state index contributed by atoms with van der Waals surface area (Å²) in [7, 11) is 1.49. The maximum absolute atomic E-state index is 12.2. The van der Waals surface area contributed by atoms with Crippen molar-refractivity contribution in [3.8, 4) is 5.75 Å². The van der Waals surface area contributed by atoms with E-state index in [0.29, 0.717) is 17.0 Å². The van der Waals surface area contributed by atoms with Gasteiger partial charge in [-0.15, -0.1) is 0 Å². The summed E-state index contributed by atoms with van der Waals surface area (Å²) in [5, 5.41) is 2.16. The van der Waals surface area contributed by atoms with Crippen LogP contribution < -0.4 is 15.8 Å². The fourth-order valence-corrected chi connectivity index (χ4v) is 3.52. The number of aliphatic imine (C=N–C) groups is 1. The lowest BCUT2D eigenvalue weighted by Gasteiger charge is -2.09. The molecule has 1 atom stereocenters. The van der Waals surface area contributed by atoms with Gasteiger partial charge in [0, 0.05) is 17.7 Å². The van der Waals surface area contributed by atoms with E-state index < -0.39 is 23.7 Å². The Balaban J connectivity index is 1.50. The number of methoxy groups -OCH3 is 1. The zero-order chi connectivity index (χ0) is 22.4. The molecule has 0 aromatic heterocycles. The van der Waals surface area contributed by atoms with Crippen molar-refractivity contribution in [2.75, 3.05) is 19.0 Å². The number of Topliss-reactive ketones (excluding diaryl/α,β-unsaturated/α-hetero) is 1. The standard InChI is InChI=1S/C21H19N3O6S/c1-29-15-4-2-3-13(9-15)16(25)11-30-20(28)12-5-7-14(8-6-12)23-18(26)10-17-19(27)24-21(22)31-17/h2-9,17H,10-11H2,1H3,(H,23,26)(H2,22,24,27)/t17-/m1/s1. The van der Waals surface area contributed by atoms with Crippen molar-refractivity contribution in [2.45, 2.75) is 11.7 Å². The van der Waals surface area contributed by atoms with E-state index in [9.17, 15) is 19.2 Å². The van der Waals surface area contributed by atoms with E-state index in [1.54, 1.807) is 24.3 Å². The molecule has 3 N–H and O–H groups in total. The summed E-state index contributed by atoms with van der Waals surface area (Å²) in [6, 6.07) is 12.5. The van der Waals surface area contributed by atoms with E-state index in [1.165, 1.54) is 31.4 Å². The van der Waals surface area contributed by atoms with Crippen LogP contribution in [-0.2, 0) is 14.3 Å². The summed E-state index contributed by atoms with van der Waals surface area (Å²) in [6.45, 7) is -0.414. The number of rotatable bonds is 8. The molecule has 3 rings (SSSR count). The molecule has 2 aromatic carbocycles. The number of ether oxygens (including phenoxy) is 2. The average molecular weight is 441 g/mol. The fraction of sp³-hybridized carbons (Fsp3) is 0.190. The zero-order valence-electron chi connectivity index (χ0n) is 16.5. The minimum atomic E-state index is -0.672. The molecular formula is C21H19N3O6S. The largest absolute Gasteiger partial charge is 0.497 e. The number of amidine groups is 1. The second-order valence-corrected chi connectivity index (χ2v) is 7.68. The number of benzene rings is 2. The van der Waals surface area contributed by atoms with Gasteiger partial charge in [0.15, 0.2) is 17.6 Å². The molecule has 0 aliphatic carbocycles. The first-order chi connectivity index (χ1) is 14.9. The number of amides is 2. The van der Waals surface area contributed by atoms with Crippen molar-refractivity contribution in [2.24, 2.45) is 10.7 Å². The summed E-state index contributed by atoms with van der Waals surface area (Å²) in [4.78, 5) is 51.6. The van der Waals surface area contributed by atoms with Crippen molar-refractivity contribution in [1.82, 2.24) is 0 Å². The normalized spacial score (nSPS) is 15.2. The van der Waals surface area contributed by atoms with E-state index in [-0.39, 0.29) is 28.8 Å². The molecule has 31 heavy (non-hydrogen) atoms. The van der Waals surface area contributed by atoms with Crippen molar-refractivity contribution in [3.05, 3.63) is 59.7 Å². The summed E-state index contributed by atoms with van der Waals surface area (Å²) in [6.07, 6.45) is -0.0656. The molecule has 2 aromatic rings. The molecule has 0 spiro atoms. The maximum atomic E-state index is 12.2. The highest BCUT2D eigenvalue weighted by Gasteiger charge is 2.29. The molecule has 160 valence electrons. The van der Waals surface area contributed by atoms with Crippen LogP contribution in [0.3, 0.4) is 0 Å². The Morgan fingerprint density at radius 3 is 2.52 bits per heavy atom. The fourth-order valence-electron chi connectivity index (χ4n) is 2.70. The van der Waals surface area contributed by atoms with Crippen LogP contribution in [0.5, 0.6) is 5.75 Å². The average Bonchev–Trinajstić information content (AvgIpc) is 3.08. The third-order valence-electron chi connectivity index (χ3n) is 4.26. The van der Waals surface area contributed by atoms with E-state index >= 15 is 0 Å². The molecule has 1 aliphatic heterocycles. The number of carbonyl (C=O) groups is 4. The molecule has 0 unspecified atom stereocenters. The quantitative estimate of drug-likeness (QED) is 0.469. The van der Waals surface area contributed by atoms with Gasteiger partial charge in [0.2, 0.25) is 5.91 Å². The van der Waals surface area contributed by atoms with Gasteiger partial charge in [0.25, 0.3) is 5.91 Å². The number of ketones is 1. The molecule has 10 heteroatoms. The molecule has 0 fully saturated rings.